The summed E-state index contributed by atoms with van der Waals surface area (Å²) >= 11 is 0. The number of carbonyl (C=O) groups is 1. The van der Waals surface area contributed by atoms with E-state index in [1.807, 2.05) is 12.4 Å². The summed E-state index contributed by atoms with van der Waals surface area (Å²) < 4.78 is 6.70. The molecule has 4 rings (SSSR count). The van der Waals surface area contributed by atoms with Crippen molar-refractivity contribution in [2.75, 3.05) is 30.4 Å². The predicted molar refractivity (Wildman–Crippen MR) is 106 cm³/mol. The Balaban J connectivity index is 1.44. The second-order valence-electron chi connectivity index (χ2n) is 6.65. The molecule has 3 aromatic rings. The Hall–Kier alpha value is -3.42. The van der Waals surface area contributed by atoms with Crippen LogP contribution in [0.15, 0.2) is 49.1 Å². The Morgan fingerprint density at radius 1 is 1.11 bits per heavy atom. The van der Waals surface area contributed by atoms with Gasteiger partial charge in [-0.3, -0.25) is 4.79 Å². The van der Waals surface area contributed by atoms with Crippen LogP contribution in [0.25, 0.3) is 5.95 Å². The lowest BCUT2D eigenvalue weighted by molar-refractivity contribution is 0.102. The Morgan fingerprint density at radius 2 is 1.89 bits per heavy atom. The number of nitrogens with one attached hydrogen (secondary N) is 1. The Morgan fingerprint density at radius 3 is 2.64 bits per heavy atom. The van der Waals surface area contributed by atoms with Crippen LogP contribution in [0.1, 0.15) is 29.6 Å². The van der Waals surface area contributed by atoms with Gasteiger partial charge < -0.3 is 15.0 Å². The lowest BCUT2D eigenvalue weighted by Crippen LogP contribution is -2.29. The second kappa shape index (κ2) is 8.08. The van der Waals surface area contributed by atoms with Crippen molar-refractivity contribution in [1.82, 2.24) is 19.7 Å². The zero-order valence-electron chi connectivity index (χ0n) is 15.7. The Labute approximate surface area is 163 Å². The van der Waals surface area contributed by atoms with E-state index in [0.29, 0.717) is 22.9 Å². The van der Waals surface area contributed by atoms with Crippen molar-refractivity contribution < 1.29 is 9.53 Å². The maximum Gasteiger partial charge on any atom is 0.255 e. The van der Waals surface area contributed by atoms with E-state index in [0.717, 1.165) is 18.8 Å². The van der Waals surface area contributed by atoms with Crippen molar-refractivity contribution in [3.8, 4) is 11.7 Å². The lowest BCUT2D eigenvalue weighted by Gasteiger charge is -2.28. The molecule has 1 N–H and O–H groups in total. The number of rotatable bonds is 5. The molecular formula is C20H22N6O2. The van der Waals surface area contributed by atoms with Gasteiger partial charge in [-0.05, 0) is 37.5 Å². The molecule has 0 bridgehead atoms. The quantitative estimate of drug-likeness (QED) is 0.735. The van der Waals surface area contributed by atoms with Crippen molar-refractivity contribution in [3.63, 3.8) is 0 Å². The van der Waals surface area contributed by atoms with Gasteiger partial charge in [0.15, 0.2) is 0 Å². The molecule has 1 amide bonds. The van der Waals surface area contributed by atoms with E-state index in [1.54, 1.807) is 48.5 Å². The number of aromatic nitrogens is 4. The number of ether oxygens (including phenoxy) is 1. The monoisotopic (exact) mass is 378 g/mol. The van der Waals surface area contributed by atoms with Crippen LogP contribution in [0, 0.1) is 0 Å². The number of carbonyl (C=O) groups excluding carboxylic acids is 1. The van der Waals surface area contributed by atoms with Crippen molar-refractivity contribution in [2.45, 2.75) is 19.3 Å². The molecule has 0 radical (unpaired) electrons. The van der Waals surface area contributed by atoms with E-state index in [4.69, 9.17) is 4.74 Å². The van der Waals surface area contributed by atoms with Crippen LogP contribution in [0.4, 0.5) is 11.4 Å². The van der Waals surface area contributed by atoms with E-state index < -0.39 is 0 Å². The molecule has 1 aromatic carbocycles. The van der Waals surface area contributed by atoms with E-state index in [1.165, 1.54) is 19.3 Å². The molecule has 0 atom stereocenters. The molecule has 8 nitrogen and oxygen atoms in total. The van der Waals surface area contributed by atoms with Gasteiger partial charge in [-0.15, -0.1) is 0 Å². The number of methoxy groups -OCH3 is 1. The summed E-state index contributed by atoms with van der Waals surface area (Å²) in [4.78, 5) is 23.5. The van der Waals surface area contributed by atoms with Gasteiger partial charge in [-0.2, -0.15) is 5.10 Å². The number of nitrogens with zero attached hydrogens (tertiary/aromatic N) is 5. The minimum Gasteiger partial charge on any atom is -0.497 e. The zero-order valence-corrected chi connectivity index (χ0v) is 15.7. The minimum atomic E-state index is -0.236. The summed E-state index contributed by atoms with van der Waals surface area (Å²) in [7, 11) is 1.57. The molecule has 1 aliphatic rings. The third-order valence-electron chi connectivity index (χ3n) is 4.72. The first-order valence-electron chi connectivity index (χ1n) is 9.30. The molecule has 1 aliphatic heterocycles. The summed E-state index contributed by atoms with van der Waals surface area (Å²) in [5, 5.41) is 7.07. The molecule has 2 aromatic heterocycles. The standard InChI is InChI=1S/C20H22N6O2/c1-28-18-7-5-6-15(10-18)19(27)24-16-11-23-26(14-16)20-21-12-17(13-22-20)25-8-3-2-4-9-25/h5-7,10-14H,2-4,8-9H2,1H3,(H,24,27). The molecule has 144 valence electrons. The van der Waals surface area contributed by atoms with E-state index >= 15 is 0 Å². The molecule has 0 aliphatic carbocycles. The summed E-state index contributed by atoms with van der Waals surface area (Å²) in [6.07, 6.45) is 10.6. The van der Waals surface area contributed by atoms with Crippen LogP contribution in [-0.4, -0.2) is 45.9 Å². The highest BCUT2D eigenvalue weighted by molar-refractivity contribution is 6.04. The van der Waals surface area contributed by atoms with Crippen LogP contribution in [0.5, 0.6) is 5.75 Å². The first-order valence-corrected chi connectivity index (χ1v) is 9.30. The predicted octanol–water partition coefficient (Wildman–Crippen LogP) is 2.91. The number of hydrogen-bond acceptors (Lipinski definition) is 6. The molecule has 0 spiro atoms. The third kappa shape index (κ3) is 3.95. The summed E-state index contributed by atoms with van der Waals surface area (Å²) in [5.41, 5.74) is 2.10. The summed E-state index contributed by atoms with van der Waals surface area (Å²) in [6, 6.07) is 6.97. The summed E-state index contributed by atoms with van der Waals surface area (Å²) in [5.74, 6) is 0.855. The molecular weight excluding hydrogens is 356 g/mol. The van der Waals surface area contributed by atoms with Crippen LogP contribution in [0.2, 0.25) is 0 Å². The SMILES string of the molecule is COc1cccc(C(=O)Nc2cnn(-c3ncc(N4CCCCC4)cn3)c2)c1. The second-order valence-corrected chi connectivity index (χ2v) is 6.65. The fraction of sp³-hybridized carbons (Fsp3) is 0.300. The van der Waals surface area contributed by atoms with Gasteiger partial charge in [0.25, 0.3) is 11.9 Å². The van der Waals surface area contributed by atoms with Gasteiger partial charge in [0, 0.05) is 18.7 Å². The molecule has 0 saturated carbocycles. The van der Waals surface area contributed by atoms with Crippen molar-refractivity contribution in [2.24, 2.45) is 0 Å². The van der Waals surface area contributed by atoms with Gasteiger partial charge in [0.1, 0.15) is 5.75 Å². The van der Waals surface area contributed by atoms with Gasteiger partial charge in [0.2, 0.25) is 0 Å². The third-order valence-corrected chi connectivity index (χ3v) is 4.72. The highest BCUT2D eigenvalue weighted by Crippen LogP contribution is 2.19. The number of hydrogen-bond donors (Lipinski definition) is 1. The molecule has 0 unspecified atom stereocenters. The van der Waals surface area contributed by atoms with E-state index in [9.17, 15) is 4.79 Å². The smallest absolute Gasteiger partial charge is 0.255 e. The number of piperidine rings is 1. The fourth-order valence-corrected chi connectivity index (χ4v) is 3.21. The molecule has 1 fully saturated rings. The van der Waals surface area contributed by atoms with Crippen molar-refractivity contribution in [3.05, 3.63) is 54.6 Å². The summed E-state index contributed by atoms with van der Waals surface area (Å²) in [6.45, 7) is 2.09. The van der Waals surface area contributed by atoms with Crippen molar-refractivity contribution >= 4 is 17.3 Å². The molecule has 28 heavy (non-hydrogen) atoms. The van der Waals surface area contributed by atoms with E-state index in [-0.39, 0.29) is 5.91 Å². The zero-order chi connectivity index (χ0) is 19.3. The Bertz CT molecular complexity index is 947. The topological polar surface area (TPSA) is 85.2 Å². The number of amides is 1. The van der Waals surface area contributed by atoms with Gasteiger partial charge >= 0.3 is 0 Å². The maximum absolute atomic E-state index is 12.4. The van der Waals surface area contributed by atoms with Crippen LogP contribution >= 0.6 is 0 Å². The maximum atomic E-state index is 12.4. The molecule has 8 heteroatoms. The largest absolute Gasteiger partial charge is 0.497 e. The lowest BCUT2D eigenvalue weighted by atomic mass is 10.1. The van der Waals surface area contributed by atoms with Crippen molar-refractivity contribution in [1.29, 1.82) is 0 Å². The van der Waals surface area contributed by atoms with Crippen LogP contribution < -0.4 is 15.0 Å². The van der Waals surface area contributed by atoms with Gasteiger partial charge in [-0.25, -0.2) is 14.6 Å². The highest BCUT2D eigenvalue weighted by Gasteiger charge is 2.13. The normalized spacial score (nSPS) is 14.0. The highest BCUT2D eigenvalue weighted by atomic mass is 16.5. The minimum absolute atomic E-state index is 0.236. The number of benzene rings is 1. The number of anilines is 2. The van der Waals surface area contributed by atoms with Gasteiger partial charge in [0.05, 0.1) is 43.3 Å². The molecule has 1 saturated heterocycles. The average Bonchev–Trinajstić information content (AvgIpc) is 3.23. The van der Waals surface area contributed by atoms with Crippen LogP contribution in [0.3, 0.4) is 0 Å². The first-order chi connectivity index (χ1) is 13.7. The van der Waals surface area contributed by atoms with E-state index in [2.05, 4.69) is 25.3 Å². The van der Waals surface area contributed by atoms with Crippen LogP contribution in [-0.2, 0) is 0 Å². The fourth-order valence-electron chi connectivity index (χ4n) is 3.21. The Kier molecular flexibility index (Phi) is 5.18. The average molecular weight is 378 g/mol. The first kappa shape index (κ1) is 18.0. The van der Waals surface area contributed by atoms with Gasteiger partial charge in [-0.1, -0.05) is 6.07 Å². The molecule has 3 heterocycles.